The Labute approximate surface area is 103 Å². The van der Waals surface area contributed by atoms with Crippen LogP contribution in [0, 0.1) is 12.7 Å². The van der Waals surface area contributed by atoms with E-state index in [1.54, 1.807) is 23.5 Å². The number of hydrogen-bond donors (Lipinski definition) is 1. The lowest BCUT2D eigenvalue weighted by atomic mass is 10.1. The van der Waals surface area contributed by atoms with E-state index in [9.17, 15) is 4.39 Å². The first kappa shape index (κ1) is 11.6. The van der Waals surface area contributed by atoms with Crippen molar-refractivity contribution < 1.29 is 4.39 Å². The van der Waals surface area contributed by atoms with E-state index in [0.717, 1.165) is 9.75 Å². The first-order valence-electron chi connectivity index (χ1n) is 4.85. The van der Waals surface area contributed by atoms with Crippen LogP contribution in [-0.2, 0) is 0 Å². The molecule has 2 aromatic rings. The van der Waals surface area contributed by atoms with Gasteiger partial charge in [0.2, 0.25) is 0 Å². The lowest BCUT2D eigenvalue weighted by Gasteiger charge is -2.11. The molecule has 1 atom stereocenters. The van der Waals surface area contributed by atoms with Crippen LogP contribution in [0.15, 0.2) is 30.3 Å². The van der Waals surface area contributed by atoms with E-state index < -0.39 is 11.9 Å². The summed E-state index contributed by atoms with van der Waals surface area (Å²) in [5, 5.41) is 0.112. The summed E-state index contributed by atoms with van der Waals surface area (Å²) in [6.45, 7) is 2.00. The Morgan fingerprint density at radius 3 is 2.69 bits per heavy atom. The number of benzene rings is 1. The lowest BCUT2D eigenvalue weighted by molar-refractivity contribution is 0.601. The highest BCUT2D eigenvalue weighted by Crippen LogP contribution is 2.30. The Morgan fingerprint density at radius 1 is 1.31 bits per heavy atom. The lowest BCUT2D eigenvalue weighted by Crippen LogP contribution is -2.12. The summed E-state index contributed by atoms with van der Waals surface area (Å²) in [5.41, 5.74) is 6.45. The minimum Gasteiger partial charge on any atom is -0.320 e. The second kappa shape index (κ2) is 4.53. The summed E-state index contributed by atoms with van der Waals surface area (Å²) in [7, 11) is 0. The monoisotopic (exact) mass is 255 g/mol. The van der Waals surface area contributed by atoms with E-state index in [0.29, 0.717) is 5.56 Å². The maximum Gasteiger partial charge on any atom is 0.146 e. The van der Waals surface area contributed by atoms with Crippen LogP contribution in [-0.4, -0.2) is 0 Å². The molecule has 1 heterocycles. The van der Waals surface area contributed by atoms with Crippen LogP contribution < -0.4 is 5.73 Å². The second-order valence-corrected chi connectivity index (χ2v) is 5.30. The highest BCUT2D eigenvalue weighted by molar-refractivity contribution is 7.12. The molecule has 84 valence electrons. The van der Waals surface area contributed by atoms with Gasteiger partial charge in [-0.25, -0.2) is 4.39 Å². The Hall–Kier alpha value is -0.900. The van der Waals surface area contributed by atoms with Crippen LogP contribution >= 0.6 is 22.9 Å². The van der Waals surface area contributed by atoms with Gasteiger partial charge >= 0.3 is 0 Å². The van der Waals surface area contributed by atoms with Gasteiger partial charge in [0.15, 0.2) is 0 Å². The Morgan fingerprint density at radius 2 is 2.06 bits per heavy atom. The minimum absolute atomic E-state index is 0.112. The van der Waals surface area contributed by atoms with Crippen LogP contribution in [0.2, 0.25) is 5.02 Å². The molecular formula is C12H11ClFNS. The van der Waals surface area contributed by atoms with Crippen molar-refractivity contribution in [3.63, 3.8) is 0 Å². The highest BCUT2D eigenvalue weighted by atomic mass is 35.5. The molecule has 2 N–H and O–H groups in total. The van der Waals surface area contributed by atoms with Crippen molar-refractivity contribution in [3.8, 4) is 0 Å². The molecule has 0 saturated heterocycles. The molecule has 16 heavy (non-hydrogen) atoms. The molecule has 4 heteroatoms. The summed E-state index contributed by atoms with van der Waals surface area (Å²) in [4.78, 5) is 2.10. The van der Waals surface area contributed by atoms with Crippen molar-refractivity contribution in [2.24, 2.45) is 5.73 Å². The quantitative estimate of drug-likeness (QED) is 0.866. The fourth-order valence-corrected chi connectivity index (χ4v) is 2.61. The Kier molecular flexibility index (Phi) is 3.28. The van der Waals surface area contributed by atoms with Crippen LogP contribution in [0.4, 0.5) is 4.39 Å². The summed E-state index contributed by atoms with van der Waals surface area (Å²) in [5.74, 6) is -0.428. The van der Waals surface area contributed by atoms with E-state index in [4.69, 9.17) is 17.3 Å². The van der Waals surface area contributed by atoms with Crippen LogP contribution in [0.3, 0.4) is 0 Å². The Bertz CT molecular complexity index is 509. The maximum absolute atomic E-state index is 13.7. The zero-order valence-electron chi connectivity index (χ0n) is 8.71. The first-order valence-corrected chi connectivity index (χ1v) is 6.05. The summed E-state index contributed by atoms with van der Waals surface area (Å²) >= 11 is 7.29. The molecule has 0 spiro atoms. The van der Waals surface area contributed by atoms with E-state index in [1.807, 2.05) is 19.1 Å². The highest BCUT2D eigenvalue weighted by Gasteiger charge is 2.16. The molecule has 0 aliphatic carbocycles. The zero-order chi connectivity index (χ0) is 11.7. The predicted molar refractivity (Wildman–Crippen MR) is 66.5 cm³/mol. The van der Waals surface area contributed by atoms with Crippen molar-refractivity contribution >= 4 is 22.9 Å². The average Bonchev–Trinajstić information content (AvgIpc) is 2.68. The van der Waals surface area contributed by atoms with Gasteiger partial charge in [0, 0.05) is 15.3 Å². The molecule has 0 aliphatic heterocycles. The van der Waals surface area contributed by atoms with Gasteiger partial charge in [-0.2, -0.15) is 0 Å². The topological polar surface area (TPSA) is 26.0 Å². The summed E-state index contributed by atoms with van der Waals surface area (Å²) in [6.07, 6.45) is 0. The normalized spacial score (nSPS) is 12.8. The van der Waals surface area contributed by atoms with E-state index in [2.05, 4.69) is 0 Å². The van der Waals surface area contributed by atoms with Gasteiger partial charge in [-0.15, -0.1) is 11.3 Å². The largest absolute Gasteiger partial charge is 0.320 e. The maximum atomic E-state index is 13.7. The molecule has 1 aromatic carbocycles. The van der Waals surface area contributed by atoms with Crippen molar-refractivity contribution in [2.75, 3.05) is 0 Å². The number of rotatable bonds is 2. The molecular weight excluding hydrogens is 245 g/mol. The van der Waals surface area contributed by atoms with Gasteiger partial charge in [0.25, 0.3) is 0 Å². The average molecular weight is 256 g/mol. The van der Waals surface area contributed by atoms with Gasteiger partial charge in [0.1, 0.15) is 5.82 Å². The second-order valence-electron chi connectivity index (χ2n) is 3.57. The Balaban J connectivity index is 2.41. The molecule has 2 rings (SSSR count). The fraction of sp³-hybridized carbons (Fsp3) is 0.167. The molecule has 1 unspecified atom stereocenters. The third kappa shape index (κ3) is 2.12. The molecule has 0 fully saturated rings. The number of halogens is 2. The zero-order valence-corrected chi connectivity index (χ0v) is 10.3. The number of hydrogen-bond acceptors (Lipinski definition) is 2. The van der Waals surface area contributed by atoms with E-state index >= 15 is 0 Å². The van der Waals surface area contributed by atoms with Gasteiger partial charge < -0.3 is 5.73 Å². The van der Waals surface area contributed by atoms with Gasteiger partial charge in [-0.05, 0) is 25.1 Å². The van der Waals surface area contributed by atoms with E-state index in [-0.39, 0.29) is 5.02 Å². The standard InChI is InChI=1S/C12H11ClFNS/c1-7-5-6-10(16-7)12(15)8-3-2-4-9(13)11(8)14/h2-6,12H,15H2,1H3. The smallest absolute Gasteiger partial charge is 0.146 e. The molecule has 1 aromatic heterocycles. The first-order chi connectivity index (χ1) is 7.59. The van der Waals surface area contributed by atoms with Gasteiger partial charge in [0.05, 0.1) is 11.1 Å². The molecule has 0 radical (unpaired) electrons. The summed E-state index contributed by atoms with van der Waals surface area (Å²) in [6, 6.07) is 8.35. The van der Waals surface area contributed by atoms with E-state index in [1.165, 1.54) is 6.07 Å². The molecule has 0 bridgehead atoms. The third-order valence-electron chi connectivity index (χ3n) is 2.38. The van der Waals surface area contributed by atoms with Crippen LogP contribution in [0.25, 0.3) is 0 Å². The van der Waals surface area contributed by atoms with Gasteiger partial charge in [-0.1, -0.05) is 23.7 Å². The van der Waals surface area contributed by atoms with Crippen molar-refractivity contribution in [2.45, 2.75) is 13.0 Å². The summed E-state index contributed by atoms with van der Waals surface area (Å²) < 4.78 is 13.7. The minimum atomic E-state index is -0.447. The van der Waals surface area contributed by atoms with Gasteiger partial charge in [-0.3, -0.25) is 0 Å². The molecule has 0 amide bonds. The fourth-order valence-electron chi connectivity index (χ4n) is 1.53. The molecule has 1 nitrogen and oxygen atoms in total. The molecule has 0 saturated carbocycles. The third-order valence-corrected chi connectivity index (χ3v) is 3.76. The number of thiophene rings is 1. The van der Waals surface area contributed by atoms with Crippen molar-refractivity contribution in [1.82, 2.24) is 0 Å². The van der Waals surface area contributed by atoms with Crippen molar-refractivity contribution in [1.29, 1.82) is 0 Å². The van der Waals surface area contributed by atoms with Crippen molar-refractivity contribution in [3.05, 3.63) is 56.5 Å². The SMILES string of the molecule is Cc1ccc(C(N)c2cccc(Cl)c2F)s1. The number of aryl methyl sites for hydroxylation is 1. The number of nitrogens with two attached hydrogens (primary N) is 1. The molecule has 0 aliphatic rings. The predicted octanol–water partition coefficient (Wildman–Crippen LogP) is 3.90. The van der Waals surface area contributed by atoms with Crippen LogP contribution in [0.5, 0.6) is 0 Å². The van der Waals surface area contributed by atoms with Crippen LogP contribution in [0.1, 0.15) is 21.4 Å².